The highest BCUT2D eigenvalue weighted by Crippen LogP contribution is 2.26. The van der Waals surface area contributed by atoms with Gasteiger partial charge in [-0.3, -0.25) is 4.79 Å². The van der Waals surface area contributed by atoms with Crippen LogP contribution in [0.4, 0.5) is 0 Å². The molecule has 0 saturated carbocycles. The zero-order valence-electron chi connectivity index (χ0n) is 15.4. The fourth-order valence-electron chi connectivity index (χ4n) is 2.80. The van der Waals surface area contributed by atoms with E-state index in [0.29, 0.717) is 19.6 Å². The van der Waals surface area contributed by atoms with Gasteiger partial charge in [0.05, 0.1) is 6.61 Å². The van der Waals surface area contributed by atoms with Crippen LogP contribution in [0, 0.1) is 0 Å². The first kappa shape index (κ1) is 20.4. The molecule has 0 aliphatic carbocycles. The average molecular weight is 328 g/mol. The molecule has 1 aliphatic heterocycles. The van der Waals surface area contributed by atoms with E-state index >= 15 is 0 Å². The lowest BCUT2D eigenvalue weighted by Gasteiger charge is -2.20. The molecular weight excluding hydrogens is 292 g/mol. The molecular formula is C19H36O4. The second-order valence-corrected chi connectivity index (χ2v) is 6.80. The van der Waals surface area contributed by atoms with Gasteiger partial charge >= 0.3 is 5.97 Å². The first-order valence-electron chi connectivity index (χ1n) is 9.57. The molecule has 0 aromatic heterocycles. The highest BCUT2D eigenvalue weighted by molar-refractivity contribution is 5.69. The molecule has 2 atom stereocenters. The Labute approximate surface area is 142 Å². The Hall–Kier alpha value is -0.610. The van der Waals surface area contributed by atoms with Crippen molar-refractivity contribution >= 4 is 5.97 Å². The van der Waals surface area contributed by atoms with Crippen molar-refractivity contribution in [1.82, 2.24) is 0 Å². The Morgan fingerprint density at radius 1 is 1.04 bits per heavy atom. The van der Waals surface area contributed by atoms with E-state index in [-0.39, 0.29) is 12.1 Å². The minimum absolute atomic E-state index is 0.110. The van der Waals surface area contributed by atoms with Crippen molar-refractivity contribution in [2.24, 2.45) is 0 Å². The van der Waals surface area contributed by atoms with Crippen molar-refractivity contribution in [1.29, 1.82) is 0 Å². The summed E-state index contributed by atoms with van der Waals surface area (Å²) in [7, 11) is 0. The van der Waals surface area contributed by atoms with Crippen LogP contribution in [0.1, 0.15) is 91.4 Å². The van der Waals surface area contributed by atoms with E-state index < -0.39 is 5.79 Å². The molecule has 2 unspecified atom stereocenters. The summed E-state index contributed by atoms with van der Waals surface area (Å²) in [6.45, 7) is 7.02. The molecule has 0 bridgehead atoms. The molecule has 1 rings (SSSR count). The Morgan fingerprint density at radius 3 is 2.22 bits per heavy atom. The third-order valence-corrected chi connectivity index (χ3v) is 4.55. The summed E-state index contributed by atoms with van der Waals surface area (Å²) >= 11 is 0. The first-order valence-corrected chi connectivity index (χ1v) is 9.57. The van der Waals surface area contributed by atoms with Crippen LogP contribution in [-0.4, -0.2) is 31.1 Å². The summed E-state index contributed by atoms with van der Waals surface area (Å²) in [5.74, 6) is -0.615. The fourth-order valence-corrected chi connectivity index (χ4v) is 2.80. The normalized spacial score (nSPS) is 24.0. The van der Waals surface area contributed by atoms with Crippen LogP contribution in [0.25, 0.3) is 0 Å². The van der Waals surface area contributed by atoms with Gasteiger partial charge < -0.3 is 14.2 Å². The number of carbonyl (C=O) groups is 1. The van der Waals surface area contributed by atoms with Gasteiger partial charge in [-0.25, -0.2) is 0 Å². The number of unbranched alkanes of at least 4 members (excludes halogenated alkanes) is 8. The zero-order chi connectivity index (χ0) is 17.0. The van der Waals surface area contributed by atoms with Gasteiger partial charge in [-0.2, -0.15) is 0 Å². The van der Waals surface area contributed by atoms with Crippen LogP contribution in [-0.2, 0) is 19.0 Å². The fraction of sp³-hybridized carbons (Fsp3) is 0.947. The molecule has 1 heterocycles. The van der Waals surface area contributed by atoms with Crippen LogP contribution >= 0.6 is 0 Å². The number of ether oxygens (including phenoxy) is 3. The largest absolute Gasteiger partial charge is 0.463 e. The second kappa shape index (κ2) is 11.9. The predicted molar refractivity (Wildman–Crippen MR) is 92.3 cm³/mol. The van der Waals surface area contributed by atoms with Gasteiger partial charge in [0.1, 0.15) is 12.7 Å². The lowest BCUT2D eigenvalue weighted by atomic mass is 10.1. The van der Waals surface area contributed by atoms with Crippen molar-refractivity contribution in [2.45, 2.75) is 103 Å². The van der Waals surface area contributed by atoms with E-state index in [1.165, 1.54) is 44.9 Å². The minimum atomic E-state index is -0.506. The Balaban J connectivity index is 1.91. The molecule has 136 valence electrons. The topological polar surface area (TPSA) is 44.8 Å². The summed E-state index contributed by atoms with van der Waals surface area (Å²) in [5.41, 5.74) is 0. The lowest BCUT2D eigenvalue weighted by Crippen LogP contribution is -2.27. The van der Waals surface area contributed by atoms with E-state index in [9.17, 15) is 4.79 Å². The highest BCUT2D eigenvalue weighted by atomic mass is 16.7. The summed E-state index contributed by atoms with van der Waals surface area (Å²) in [6.07, 6.45) is 12.5. The quantitative estimate of drug-likeness (QED) is 0.353. The van der Waals surface area contributed by atoms with Crippen molar-refractivity contribution < 1.29 is 19.0 Å². The number of carbonyl (C=O) groups excluding carboxylic acids is 1. The van der Waals surface area contributed by atoms with Gasteiger partial charge in [-0.05, 0) is 19.8 Å². The SMILES string of the molecule is CCCCCCCCCCCC(=O)OCC1COC(C)(CC)O1. The van der Waals surface area contributed by atoms with Crippen molar-refractivity contribution in [3.8, 4) is 0 Å². The lowest BCUT2D eigenvalue weighted by molar-refractivity contribution is -0.167. The maximum absolute atomic E-state index is 11.7. The average Bonchev–Trinajstić information content (AvgIpc) is 2.93. The molecule has 4 nitrogen and oxygen atoms in total. The molecule has 1 aliphatic rings. The number of hydrogen-bond acceptors (Lipinski definition) is 4. The minimum Gasteiger partial charge on any atom is -0.463 e. The standard InChI is InChI=1S/C19H36O4/c1-4-6-7-8-9-10-11-12-13-14-18(20)21-15-17-16-22-19(3,5-2)23-17/h17H,4-16H2,1-3H3. The maximum atomic E-state index is 11.7. The Bertz CT molecular complexity index is 318. The molecule has 23 heavy (non-hydrogen) atoms. The van der Waals surface area contributed by atoms with Crippen molar-refractivity contribution in [3.63, 3.8) is 0 Å². The van der Waals surface area contributed by atoms with Crippen molar-refractivity contribution in [3.05, 3.63) is 0 Å². The molecule has 0 amide bonds. The molecule has 0 radical (unpaired) electrons. The zero-order valence-corrected chi connectivity index (χ0v) is 15.4. The third-order valence-electron chi connectivity index (χ3n) is 4.55. The Morgan fingerprint density at radius 2 is 1.65 bits per heavy atom. The van der Waals surface area contributed by atoms with Gasteiger partial charge in [0.2, 0.25) is 0 Å². The van der Waals surface area contributed by atoms with Gasteiger partial charge in [-0.1, -0.05) is 65.2 Å². The highest BCUT2D eigenvalue weighted by Gasteiger charge is 2.35. The van der Waals surface area contributed by atoms with E-state index in [2.05, 4.69) is 6.92 Å². The van der Waals surface area contributed by atoms with E-state index in [0.717, 1.165) is 19.3 Å². The van der Waals surface area contributed by atoms with Crippen LogP contribution in [0.3, 0.4) is 0 Å². The summed E-state index contributed by atoms with van der Waals surface area (Å²) in [4.78, 5) is 11.7. The summed E-state index contributed by atoms with van der Waals surface area (Å²) in [5, 5.41) is 0. The van der Waals surface area contributed by atoms with E-state index in [1.54, 1.807) is 0 Å². The smallest absolute Gasteiger partial charge is 0.305 e. The second-order valence-electron chi connectivity index (χ2n) is 6.80. The van der Waals surface area contributed by atoms with Gasteiger partial charge in [0.25, 0.3) is 0 Å². The predicted octanol–water partition coefficient (Wildman–Crippen LogP) is 4.99. The molecule has 0 N–H and O–H groups in total. The maximum Gasteiger partial charge on any atom is 0.305 e. The molecule has 1 saturated heterocycles. The van der Waals surface area contributed by atoms with Crippen LogP contribution in [0.5, 0.6) is 0 Å². The summed E-state index contributed by atoms with van der Waals surface area (Å²) in [6, 6.07) is 0. The Kier molecular flexibility index (Phi) is 10.5. The number of esters is 1. The molecule has 1 fully saturated rings. The molecule has 0 spiro atoms. The van der Waals surface area contributed by atoms with Crippen LogP contribution in [0.2, 0.25) is 0 Å². The van der Waals surface area contributed by atoms with Crippen molar-refractivity contribution in [2.75, 3.05) is 13.2 Å². The monoisotopic (exact) mass is 328 g/mol. The molecule has 0 aromatic carbocycles. The number of hydrogen-bond donors (Lipinski definition) is 0. The third kappa shape index (κ3) is 9.31. The molecule has 4 heteroatoms. The first-order chi connectivity index (χ1) is 11.1. The van der Waals surface area contributed by atoms with E-state index in [1.807, 2.05) is 13.8 Å². The molecule has 0 aromatic rings. The van der Waals surface area contributed by atoms with E-state index in [4.69, 9.17) is 14.2 Å². The van der Waals surface area contributed by atoms with Gasteiger partial charge in [-0.15, -0.1) is 0 Å². The van der Waals surface area contributed by atoms with Gasteiger partial charge in [0, 0.05) is 6.42 Å². The summed E-state index contributed by atoms with van der Waals surface area (Å²) < 4.78 is 16.6. The van der Waals surface area contributed by atoms with Crippen LogP contribution in [0.15, 0.2) is 0 Å². The van der Waals surface area contributed by atoms with Crippen LogP contribution < -0.4 is 0 Å². The van der Waals surface area contributed by atoms with Gasteiger partial charge in [0.15, 0.2) is 5.79 Å². The number of rotatable bonds is 13.